The van der Waals surface area contributed by atoms with Crippen molar-refractivity contribution in [1.82, 2.24) is 20.6 Å². The minimum absolute atomic E-state index is 0.151. The fourth-order valence-electron chi connectivity index (χ4n) is 3.76. The number of anilines is 6. The summed E-state index contributed by atoms with van der Waals surface area (Å²) < 4.78 is 0. The van der Waals surface area contributed by atoms with E-state index < -0.39 is 10.9 Å². The Morgan fingerprint density at radius 3 is 2.32 bits per heavy atom. The average Bonchev–Trinajstić information content (AvgIpc) is 3.00. The van der Waals surface area contributed by atoms with E-state index in [0.717, 1.165) is 5.56 Å². The van der Waals surface area contributed by atoms with Crippen LogP contribution >= 0.6 is 23.2 Å². The van der Waals surface area contributed by atoms with Crippen LogP contribution in [0.2, 0.25) is 5.02 Å². The number of nitrogens with zero attached hydrogens (tertiary/aromatic N) is 2. The molecule has 0 unspecified atom stereocenters. The molecule has 1 aromatic heterocycles. The van der Waals surface area contributed by atoms with Crippen LogP contribution in [0, 0.1) is 0 Å². The number of carbonyl (C=O) groups excluding carboxylic acids is 2. The van der Waals surface area contributed by atoms with Crippen LogP contribution in [-0.2, 0) is 11.3 Å². The summed E-state index contributed by atoms with van der Waals surface area (Å²) >= 11 is 11.7. The van der Waals surface area contributed by atoms with Gasteiger partial charge in [0.05, 0.1) is 17.4 Å². The van der Waals surface area contributed by atoms with Gasteiger partial charge in [0.25, 0.3) is 16.8 Å². The Hall–Kier alpha value is -4.68. The molecule has 212 valence electrons. The normalized spacial score (nSPS) is 10.6. The standard InChI is InChI=1S/C27H26Cl2N8O4/c1-30-26(41)17-4-2-3-5-19(17)36-25-18(29)14-34-27(37-25)35-16-8-6-15(7-9-16)13-33-22-21(23(39)24(22)40)32-11-10-31-20(38)12-28/h2-9,14,32-33H,10-13H2,1H3,(H,30,41)(H,31,38)(H2,34,35,36,37). The number of hydrogen-bond donors (Lipinski definition) is 6. The van der Waals surface area contributed by atoms with Crippen LogP contribution in [0.5, 0.6) is 0 Å². The Bertz CT molecular complexity index is 1620. The predicted molar refractivity (Wildman–Crippen MR) is 161 cm³/mol. The molecule has 3 aromatic carbocycles. The van der Waals surface area contributed by atoms with Gasteiger partial charge in [0.1, 0.15) is 22.3 Å². The number of amides is 2. The molecule has 4 aromatic rings. The van der Waals surface area contributed by atoms with Crippen LogP contribution in [0.1, 0.15) is 15.9 Å². The second-order valence-corrected chi connectivity index (χ2v) is 9.31. The van der Waals surface area contributed by atoms with Crippen LogP contribution < -0.4 is 42.8 Å². The van der Waals surface area contributed by atoms with Gasteiger partial charge in [-0.05, 0) is 29.8 Å². The molecule has 4 rings (SSSR count). The summed E-state index contributed by atoms with van der Waals surface area (Å²) in [7, 11) is 1.55. The van der Waals surface area contributed by atoms with Crippen molar-refractivity contribution in [3.63, 3.8) is 0 Å². The maximum Gasteiger partial charge on any atom is 0.253 e. The van der Waals surface area contributed by atoms with Crippen LogP contribution in [0.15, 0.2) is 64.3 Å². The van der Waals surface area contributed by atoms with E-state index >= 15 is 0 Å². The van der Waals surface area contributed by atoms with E-state index in [1.54, 1.807) is 31.3 Å². The highest BCUT2D eigenvalue weighted by atomic mass is 35.5. The number of rotatable bonds is 13. The van der Waals surface area contributed by atoms with Crippen LogP contribution in [0.3, 0.4) is 0 Å². The van der Waals surface area contributed by atoms with Crippen molar-refractivity contribution in [1.29, 1.82) is 0 Å². The molecular formula is C27H26Cl2N8O4. The Balaban J connectivity index is 1.36. The Morgan fingerprint density at radius 1 is 0.902 bits per heavy atom. The van der Waals surface area contributed by atoms with E-state index in [9.17, 15) is 19.2 Å². The molecule has 0 saturated carbocycles. The molecule has 0 radical (unpaired) electrons. The molecule has 1 heterocycles. The third-order valence-electron chi connectivity index (χ3n) is 5.86. The summed E-state index contributed by atoms with van der Waals surface area (Å²) in [4.78, 5) is 56.0. The smallest absolute Gasteiger partial charge is 0.253 e. The average molecular weight is 597 g/mol. The first-order valence-corrected chi connectivity index (χ1v) is 13.3. The van der Waals surface area contributed by atoms with Crippen LogP contribution in [-0.4, -0.2) is 47.8 Å². The summed E-state index contributed by atoms with van der Waals surface area (Å²) in [6.07, 6.45) is 1.45. The molecular weight excluding hydrogens is 571 g/mol. The molecule has 0 saturated heterocycles. The molecule has 0 aliphatic rings. The molecule has 6 N–H and O–H groups in total. The van der Waals surface area contributed by atoms with Crippen molar-refractivity contribution >= 4 is 69.5 Å². The molecule has 2 amide bonds. The second kappa shape index (κ2) is 13.6. The maximum absolute atomic E-state index is 12.2. The van der Waals surface area contributed by atoms with Gasteiger partial charge in [-0.1, -0.05) is 35.9 Å². The zero-order chi connectivity index (χ0) is 29.4. The molecule has 12 nitrogen and oxygen atoms in total. The zero-order valence-electron chi connectivity index (χ0n) is 21.8. The third-order valence-corrected chi connectivity index (χ3v) is 6.38. The van der Waals surface area contributed by atoms with E-state index in [2.05, 4.69) is 41.9 Å². The van der Waals surface area contributed by atoms with Gasteiger partial charge in [0, 0.05) is 32.4 Å². The Labute approximate surface area is 244 Å². The highest BCUT2D eigenvalue weighted by Crippen LogP contribution is 2.27. The van der Waals surface area contributed by atoms with Gasteiger partial charge in [-0.25, -0.2) is 4.98 Å². The molecule has 0 aliphatic carbocycles. The lowest BCUT2D eigenvalue weighted by Crippen LogP contribution is -2.39. The summed E-state index contributed by atoms with van der Waals surface area (Å²) in [5, 5.41) is 17.5. The van der Waals surface area contributed by atoms with Crippen molar-refractivity contribution in [3.8, 4) is 0 Å². The number of halogens is 2. The van der Waals surface area contributed by atoms with Gasteiger partial charge in [-0.2, -0.15) is 4.98 Å². The number of alkyl halides is 1. The third kappa shape index (κ3) is 7.29. The Kier molecular flexibility index (Phi) is 9.72. The number of aromatic nitrogens is 2. The first-order chi connectivity index (χ1) is 19.8. The van der Waals surface area contributed by atoms with Crippen molar-refractivity contribution in [3.05, 3.63) is 91.3 Å². The molecule has 41 heavy (non-hydrogen) atoms. The summed E-state index contributed by atoms with van der Waals surface area (Å²) in [6, 6.07) is 14.3. The first-order valence-electron chi connectivity index (χ1n) is 12.4. The monoisotopic (exact) mass is 596 g/mol. The van der Waals surface area contributed by atoms with Gasteiger partial charge in [-0.3, -0.25) is 19.2 Å². The van der Waals surface area contributed by atoms with Crippen molar-refractivity contribution in [2.75, 3.05) is 47.3 Å². The quantitative estimate of drug-likeness (QED) is 0.0767. The van der Waals surface area contributed by atoms with E-state index in [0.29, 0.717) is 29.3 Å². The SMILES string of the molecule is CNC(=O)c1ccccc1Nc1nc(Nc2ccc(CNc3c(NCCNC(=O)CCl)c(=O)c3=O)cc2)ncc1Cl. The van der Waals surface area contributed by atoms with Crippen molar-refractivity contribution < 1.29 is 9.59 Å². The molecule has 0 bridgehead atoms. The molecule has 0 aliphatic heterocycles. The molecule has 0 atom stereocenters. The van der Waals surface area contributed by atoms with Crippen LogP contribution in [0.4, 0.5) is 34.5 Å². The summed E-state index contributed by atoms with van der Waals surface area (Å²) in [6.45, 7) is 0.836. The van der Waals surface area contributed by atoms with Gasteiger partial charge in [0.2, 0.25) is 11.9 Å². The number of nitrogens with one attached hydrogen (secondary N) is 6. The van der Waals surface area contributed by atoms with Gasteiger partial charge in [-0.15, -0.1) is 11.6 Å². The lowest BCUT2D eigenvalue weighted by molar-refractivity contribution is -0.118. The van der Waals surface area contributed by atoms with E-state index in [-0.39, 0.29) is 53.1 Å². The zero-order valence-corrected chi connectivity index (χ0v) is 23.3. The topological polar surface area (TPSA) is 166 Å². The molecule has 0 fully saturated rings. The number of hydrogen-bond acceptors (Lipinski definition) is 10. The van der Waals surface area contributed by atoms with E-state index in [1.165, 1.54) is 6.20 Å². The largest absolute Gasteiger partial charge is 0.378 e. The highest BCUT2D eigenvalue weighted by molar-refractivity contribution is 6.33. The summed E-state index contributed by atoms with van der Waals surface area (Å²) in [5.41, 5.74) is 1.71. The lowest BCUT2D eigenvalue weighted by Gasteiger charge is -2.15. The Morgan fingerprint density at radius 2 is 1.61 bits per heavy atom. The predicted octanol–water partition coefficient (Wildman–Crippen LogP) is 2.95. The van der Waals surface area contributed by atoms with Crippen molar-refractivity contribution in [2.45, 2.75) is 6.54 Å². The number of para-hydroxylation sites is 1. The first kappa shape index (κ1) is 29.3. The number of carbonyl (C=O) groups is 2. The van der Waals surface area contributed by atoms with Crippen molar-refractivity contribution in [2.24, 2.45) is 0 Å². The van der Waals surface area contributed by atoms with E-state index in [1.807, 2.05) is 24.3 Å². The maximum atomic E-state index is 12.2. The lowest BCUT2D eigenvalue weighted by atomic mass is 10.1. The highest BCUT2D eigenvalue weighted by Gasteiger charge is 2.20. The number of benzene rings is 2. The van der Waals surface area contributed by atoms with Crippen LogP contribution in [0.25, 0.3) is 0 Å². The van der Waals surface area contributed by atoms with E-state index in [4.69, 9.17) is 23.2 Å². The molecule has 0 spiro atoms. The summed E-state index contributed by atoms with van der Waals surface area (Å²) in [5.74, 6) is -0.127. The van der Waals surface area contributed by atoms with Gasteiger partial charge < -0.3 is 31.9 Å². The fourth-order valence-corrected chi connectivity index (χ4v) is 3.99. The van der Waals surface area contributed by atoms with Gasteiger partial charge in [0.15, 0.2) is 5.82 Å². The molecule has 14 heteroatoms. The minimum Gasteiger partial charge on any atom is -0.378 e. The fraction of sp³-hybridized carbons (Fsp3) is 0.185. The minimum atomic E-state index is -0.607. The second-order valence-electron chi connectivity index (χ2n) is 8.63. The van der Waals surface area contributed by atoms with Gasteiger partial charge >= 0.3 is 0 Å².